The fourth-order valence-corrected chi connectivity index (χ4v) is 5.09. The highest BCUT2D eigenvalue weighted by Crippen LogP contribution is 2.41. The van der Waals surface area contributed by atoms with Gasteiger partial charge in [-0.05, 0) is 51.2 Å². The van der Waals surface area contributed by atoms with Gasteiger partial charge in [0.15, 0.2) is 0 Å². The molecule has 0 spiro atoms. The van der Waals surface area contributed by atoms with Crippen LogP contribution in [0.3, 0.4) is 0 Å². The minimum atomic E-state index is -3.87. The Morgan fingerprint density at radius 1 is 1.26 bits per heavy atom. The highest BCUT2D eigenvalue weighted by Gasteiger charge is 2.29. The maximum Gasteiger partial charge on any atom is 0.263 e. The smallest absolute Gasteiger partial charge is 0.263 e. The predicted octanol–water partition coefficient (Wildman–Crippen LogP) is 3.32. The van der Waals surface area contributed by atoms with Crippen LogP contribution in [0, 0.1) is 6.92 Å². The third-order valence-electron chi connectivity index (χ3n) is 4.70. The molecule has 8 heteroatoms. The molecule has 0 amide bonds. The third kappa shape index (κ3) is 3.85. The Labute approximate surface area is 165 Å². The number of nitrogens with zero attached hydrogens (tertiary/aromatic N) is 1. The quantitative estimate of drug-likeness (QED) is 0.818. The van der Waals surface area contributed by atoms with Crippen molar-refractivity contribution in [3.63, 3.8) is 0 Å². The lowest BCUT2D eigenvalue weighted by Crippen LogP contribution is -2.38. The summed E-state index contributed by atoms with van der Waals surface area (Å²) in [6, 6.07) is 8.57. The number of benzene rings is 2. The number of methoxy groups -OCH3 is 1. The molecule has 1 heterocycles. The first-order valence-electron chi connectivity index (χ1n) is 8.51. The number of rotatable bonds is 5. The molecule has 1 N–H and O–H groups in total. The Bertz CT molecular complexity index is 940. The molecule has 1 aliphatic heterocycles. The molecule has 0 aromatic heterocycles. The maximum atomic E-state index is 13.0. The second-order valence-corrected chi connectivity index (χ2v) is 8.77. The Morgan fingerprint density at radius 3 is 2.63 bits per heavy atom. The van der Waals surface area contributed by atoms with Crippen molar-refractivity contribution in [3.8, 4) is 11.5 Å². The minimum Gasteiger partial charge on any atom is -0.496 e. The standard InChI is InChI=1S/C19H23ClN2O4S/c1-12-6-5-7-15(20)19(12)27(23,24)21-16-8-9-17(25-4)14-10-13(22(2)3)11-26-18(14)16/h5-9,13,21H,10-11H2,1-4H3/t13-/m1/s1. The molecule has 27 heavy (non-hydrogen) atoms. The monoisotopic (exact) mass is 410 g/mol. The van der Waals surface area contributed by atoms with Crippen LogP contribution in [0.15, 0.2) is 35.2 Å². The number of halogens is 1. The minimum absolute atomic E-state index is 0.0678. The van der Waals surface area contributed by atoms with Crippen LogP contribution in [-0.4, -0.2) is 47.2 Å². The largest absolute Gasteiger partial charge is 0.496 e. The van der Waals surface area contributed by atoms with Crippen molar-refractivity contribution in [1.29, 1.82) is 0 Å². The number of aryl methyl sites for hydroxylation is 1. The average Bonchev–Trinajstić information content (AvgIpc) is 2.60. The molecule has 2 aromatic carbocycles. The fourth-order valence-electron chi connectivity index (χ4n) is 3.20. The van der Waals surface area contributed by atoms with E-state index < -0.39 is 10.0 Å². The van der Waals surface area contributed by atoms with Crippen LogP contribution in [0.25, 0.3) is 0 Å². The summed E-state index contributed by atoms with van der Waals surface area (Å²) >= 11 is 6.15. The zero-order valence-corrected chi connectivity index (χ0v) is 17.3. The lowest BCUT2D eigenvalue weighted by atomic mass is 10.00. The molecule has 6 nitrogen and oxygen atoms in total. The van der Waals surface area contributed by atoms with Crippen LogP contribution in [0.5, 0.6) is 11.5 Å². The van der Waals surface area contributed by atoms with Crippen molar-refractivity contribution in [2.45, 2.75) is 24.3 Å². The van der Waals surface area contributed by atoms with E-state index in [0.29, 0.717) is 35.8 Å². The summed E-state index contributed by atoms with van der Waals surface area (Å²) in [6.07, 6.45) is 0.701. The van der Waals surface area contributed by atoms with Gasteiger partial charge in [0.25, 0.3) is 10.0 Å². The predicted molar refractivity (Wildman–Crippen MR) is 107 cm³/mol. The summed E-state index contributed by atoms with van der Waals surface area (Å²) in [7, 11) is 1.69. The van der Waals surface area contributed by atoms with Crippen molar-refractivity contribution in [3.05, 3.63) is 46.5 Å². The van der Waals surface area contributed by atoms with Gasteiger partial charge >= 0.3 is 0 Å². The van der Waals surface area contributed by atoms with E-state index >= 15 is 0 Å². The van der Waals surface area contributed by atoms with Crippen molar-refractivity contribution >= 4 is 27.3 Å². The summed E-state index contributed by atoms with van der Waals surface area (Å²) in [4.78, 5) is 2.14. The molecule has 0 bridgehead atoms. The van der Waals surface area contributed by atoms with E-state index in [2.05, 4.69) is 9.62 Å². The highest BCUT2D eigenvalue weighted by molar-refractivity contribution is 7.93. The lowest BCUT2D eigenvalue weighted by Gasteiger charge is -2.32. The molecule has 0 saturated carbocycles. The molecule has 0 fully saturated rings. The number of ether oxygens (including phenoxy) is 2. The van der Waals surface area contributed by atoms with Gasteiger partial charge in [-0.15, -0.1) is 0 Å². The van der Waals surface area contributed by atoms with Crippen LogP contribution in [0.2, 0.25) is 5.02 Å². The van der Waals surface area contributed by atoms with Crippen LogP contribution in [0.1, 0.15) is 11.1 Å². The Hall–Kier alpha value is -1.96. The number of nitrogens with one attached hydrogen (secondary N) is 1. The number of hydrogen-bond acceptors (Lipinski definition) is 5. The lowest BCUT2D eigenvalue weighted by molar-refractivity contribution is 0.164. The Kier molecular flexibility index (Phi) is 5.55. The van der Waals surface area contributed by atoms with Crippen molar-refractivity contribution in [1.82, 2.24) is 4.90 Å². The first kappa shape index (κ1) is 19.8. The molecular formula is C19H23ClN2O4S. The van der Waals surface area contributed by atoms with Crippen molar-refractivity contribution in [2.24, 2.45) is 0 Å². The van der Waals surface area contributed by atoms with Gasteiger partial charge in [0.1, 0.15) is 23.0 Å². The second-order valence-electron chi connectivity index (χ2n) is 6.75. The summed E-state index contributed by atoms with van der Waals surface area (Å²) in [5, 5.41) is 0.179. The van der Waals surface area contributed by atoms with Crippen LogP contribution >= 0.6 is 11.6 Å². The van der Waals surface area contributed by atoms with Crippen LogP contribution in [-0.2, 0) is 16.4 Å². The molecule has 1 atom stereocenters. The number of likely N-dealkylation sites (N-methyl/N-ethyl adjacent to an activating group) is 1. The van der Waals surface area contributed by atoms with Gasteiger partial charge in [0.2, 0.25) is 0 Å². The zero-order valence-electron chi connectivity index (χ0n) is 15.7. The molecule has 0 aliphatic carbocycles. The van der Waals surface area contributed by atoms with E-state index in [1.807, 2.05) is 14.1 Å². The normalized spacial score (nSPS) is 16.6. The zero-order chi connectivity index (χ0) is 19.8. The Balaban J connectivity index is 2.03. The summed E-state index contributed by atoms with van der Waals surface area (Å²) in [5.74, 6) is 1.18. The molecule has 0 radical (unpaired) electrons. The summed E-state index contributed by atoms with van der Waals surface area (Å²) < 4.78 is 39.9. The van der Waals surface area contributed by atoms with E-state index in [0.717, 1.165) is 5.56 Å². The van der Waals surface area contributed by atoms with E-state index in [1.165, 1.54) is 0 Å². The first-order chi connectivity index (χ1) is 12.7. The number of sulfonamides is 1. The number of anilines is 1. The Morgan fingerprint density at radius 2 is 2.00 bits per heavy atom. The van der Waals surface area contributed by atoms with Gasteiger partial charge in [0.05, 0.1) is 17.8 Å². The molecule has 2 aromatic rings. The van der Waals surface area contributed by atoms with Crippen molar-refractivity contribution in [2.75, 3.05) is 32.5 Å². The third-order valence-corrected chi connectivity index (χ3v) is 6.70. The fraction of sp³-hybridized carbons (Fsp3) is 0.368. The van der Waals surface area contributed by atoms with Gasteiger partial charge in [0, 0.05) is 11.6 Å². The second kappa shape index (κ2) is 7.58. The van der Waals surface area contributed by atoms with E-state index in [1.54, 1.807) is 44.4 Å². The highest BCUT2D eigenvalue weighted by atomic mass is 35.5. The van der Waals surface area contributed by atoms with Gasteiger partial charge < -0.3 is 14.4 Å². The van der Waals surface area contributed by atoms with Crippen LogP contribution in [0.4, 0.5) is 5.69 Å². The topological polar surface area (TPSA) is 67.9 Å². The number of hydrogen-bond donors (Lipinski definition) is 1. The molecule has 146 valence electrons. The SMILES string of the molecule is COc1ccc(NS(=O)(=O)c2c(C)cccc2Cl)c2c1C[C@@H](N(C)C)CO2. The van der Waals surface area contributed by atoms with Gasteiger partial charge in [-0.2, -0.15) is 0 Å². The van der Waals surface area contributed by atoms with Gasteiger partial charge in [-0.3, -0.25) is 4.72 Å². The summed E-state index contributed by atoms with van der Waals surface area (Å²) in [5.41, 5.74) is 1.80. The molecular weight excluding hydrogens is 388 g/mol. The van der Waals surface area contributed by atoms with E-state index in [9.17, 15) is 8.42 Å². The number of fused-ring (bicyclic) bond motifs is 1. The molecule has 0 unspecified atom stereocenters. The van der Waals surface area contributed by atoms with E-state index in [4.69, 9.17) is 21.1 Å². The average molecular weight is 411 g/mol. The maximum absolute atomic E-state index is 13.0. The summed E-state index contributed by atoms with van der Waals surface area (Å²) in [6.45, 7) is 2.18. The molecule has 1 aliphatic rings. The van der Waals surface area contributed by atoms with Gasteiger partial charge in [-0.1, -0.05) is 23.7 Å². The van der Waals surface area contributed by atoms with E-state index in [-0.39, 0.29) is 16.0 Å². The first-order valence-corrected chi connectivity index (χ1v) is 10.4. The van der Waals surface area contributed by atoms with Gasteiger partial charge in [-0.25, -0.2) is 8.42 Å². The molecule has 0 saturated heterocycles. The van der Waals surface area contributed by atoms with Crippen molar-refractivity contribution < 1.29 is 17.9 Å². The van der Waals surface area contributed by atoms with Crippen LogP contribution < -0.4 is 14.2 Å². The molecule has 3 rings (SSSR count).